The van der Waals surface area contributed by atoms with Gasteiger partial charge in [-0.1, -0.05) is 37.3 Å². The van der Waals surface area contributed by atoms with E-state index in [9.17, 15) is 5.26 Å². The fourth-order valence-electron chi connectivity index (χ4n) is 2.91. The Balaban J connectivity index is 1.47. The van der Waals surface area contributed by atoms with E-state index >= 15 is 0 Å². The maximum absolute atomic E-state index is 9.29. The van der Waals surface area contributed by atoms with Gasteiger partial charge in [0.1, 0.15) is 24.2 Å². The molecule has 1 N–H and O–H groups in total. The van der Waals surface area contributed by atoms with E-state index in [4.69, 9.17) is 13.6 Å². The van der Waals surface area contributed by atoms with Gasteiger partial charge in [0.25, 0.3) is 5.89 Å². The van der Waals surface area contributed by atoms with Gasteiger partial charge in [-0.2, -0.15) is 10.2 Å². The number of hydrogen-bond donors (Lipinski definition) is 1. The molecule has 6 nitrogen and oxygen atoms in total. The highest BCUT2D eigenvalue weighted by molar-refractivity contribution is 5.83. The molecule has 0 saturated heterocycles. The fourth-order valence-corrected chi connectivity index (χ4v) is 2.91. The number of furan rings is 1. The molecule has 2 heterocycles. The number of nitriles is 1. The molecule has 2 aromatic carbocycles. The zero-order valence-electron chi connectivity index (χ0n) is 16.3. The molecule has 0 bridgehead atoms. The maximum atomic E-state index is 9.29. The molecule has 1 atom stereocenters. The van der Waals surface area contributed by atoms with Gasteiger partial charge in [-0.25, -0.2) is 0 Å². The van der Waals surface area contributed by atoms with E-state index in [1.807, 2.05) is 55.5 Å². The van der Waals surface area contributed by atoms with Crippen LogP contribution in [0, 0.1) is 11.3 Å². The van der Waals surface area contributed by atoms with E-state index in [1.165, 1.54) is 5.39 Å². The third kappa shape index (κ3) is 4.09. The standard InChI is InChI=1S/C23H21N3O3/c1-3-15(2)25-22-20(13-24)26-23(29-22)21-11-10-19(28-21)14-27-18-9-8-16-6-4-5-7-17(16)12-18/h4-12,15,25H,3,14H2,1-2H3/t15-/m1/s1. The number of aromatic nitrogens is 1. The van der Waals surface area contributed by atoms with Gasteiger partial charge >= 0.3 is 0 Å². The molecule has 0 radical (unpaired) electrons. The number of anilines is 1. The molecule has 0 amide bonds. The van der Waals surface area contributed by atoms with Crippen molar-refractivity contribution >= 4 is 16.7 Å². The third-order valence-electron chi connectivity index (χ3n) is 4.70. The van der Waals surface area contributed by atoms with Gasteiger partial charge in [0.05, 0.1) is 0 Å². The summed E-state index contributed by atoms with van der Waals surface area (Å²) >= 11 is 0. The Kier molecular flexibility index (Phi) is 5.21. The quantitative estimate of drug-likeness (QED) is 0.435. The molecule has 0 spiro atoms. The van der Waals surface area contributed by atoms with Gasteiger partial charge in [0, 0.05) is 6.04 Å². The second-order valence-corrected chi connectivity index (χ2v) is 6.83. The summed E-state index contributed by atoms with van der Waals surface area (Å²) in [6.07, 6.45) is 0.901. The molecule has 146 valence electrons. The molecule has 6 heteroatoms. The van der Waals surface area contributed by atoms with Crippen molar-refractivity contribution in [2.24, 2.45) is 0 Å². The highest BCUT2D eigenvalue weighted by Crippen LogP contribution is 2.28. The molecule has 0 aliphatic carbocycles. The van der Waals surface area contributed by atoms with Crippen molar-refractivity contribution in [1.29, 1.82) is 5.26 Å². The summed E-state index contributed by atoms with van der Waals surface area (Å²) < 4.78 is 17.4. The first-order valence-corrected chi connectivity index (χ1v) is 9.54. The summed E-state index contributed by atoms with van der Waals surface area (Å²) in [6.45, 7) is 4.34. The van der Waals surface area contributed by atoms with Crippen LogP contribution in [0.15, 0.2) is 63.4 Å². The van der Waals surface area contributed by atoms with Crippen molar-refractivity contribution in [2.45, 2.75) is 32.9 Å². The average molecular weight is 387 g/mol. The van der Waals surface area contributed by atoms with Gasteiger partial charge in [-0.3, -0.25) is 0 Å². The van der Waals surface area contributed by atoms with Crippen molar-refractivity contribution in [1.82, 2.24) is 4.98 Å². The first-order chi connectivity index (χ1) is 14.2. The highest BCUT2D eigenvalue weighted by Gasteiger charge is 2.18. The predicted molar refractivity (Wildman–Crippen MR) is 111 cm³/mol. The second kappa shape index (κ2) is 8.11. The number of hydrogen-bond acceptors (Lipinski definition) is 6. The van der Waals surface area contributed by atoms with Crippen LogP contribution in [0.25, 0.3) is 22.4 Å². The normalized spacial score (nSPS) is 11.9. The topological polar surface area (TPSA) is 84.2 Å². The van der Waals surface area contributed by atoms with Crippen molar-refractivity contribution in [3.63, 3.8) is 0 Å². The number of fused-ring (bicyclic) bond motifs is 1. The lowest BCUT2D eigenvalue weighted by molar-refractivity contribution is 0.271. The van der Waals surface area contributed by atoms with Gasteiger partial charge < -0.3 is 18.9 Å². The van der Waals surface area contributed by atoms with Crippen LogP contribution in [0.1, 0.15) is 31.7 Å². The Labute approximate surface area is 168 Å². The van der Waals surface area contributed by atoms with Crippen molar-refractivity contribution in [3.8, 4) is 23.5 Å². The summed E-state index contributed by atoms with van der Waals surface area (Å²) in [4.78, 5) is 4.23. The summed E-state index contributed by atoms with van der Waals surface area (Å²) in [5.74, 6) is 2.49. The Bertz CT molecular complexity index is 1170. The van der Waals surface area contributed by atoms with Crippen LogP contribution in [0.5, 0.6) is 5.75 Å². The molecule has 29 heavy (non-hydrogen) atoms. The van der Waals surface area contributed by atoms with Crippen LogP contribution in [0.2, 0.25) is 0 Å². The minimum atomic E-state index is 0.172. The average Bonchev–Trinajstić information content (AvgIpc) is 3.38. The zero-order chi connectivity index (χ0) is 20.2. The smallest absolute Gasteiger partial charge is 0.266 e. The molecule has 0 fully saturated rings. The summed E-state index contributed by atoms with van der Waals surface area (Å²) in [5, 5.41) is 14.7. The van der Waals surface area contributed by atoms with Crippen molar-refractivity contribution in [3.05, 3.63) is 66.1 Å². The lowest BCUT2D eigenvalue weighted by Gasteiger charge is -2.08. The van der Waals surface area contributed by atoms with Gasteiger partial charge in [-0.15, -0.1) is 0 Å². The van der Waals surface area contributed by atoms with E-state index in [2.05, 4.69) is 23.3 Å². The van der Waals surface area contributed by atoms with E-state index < -0.39 is 0 Å². The predicted octanol–water partition coefficient (Wildman–Crippen LogP) is 5.75. The summed E-state index contributed by atoms with van der Waals surface area (Å²) in [5.41, 5.74) is 0.214. The van der Waals surface area contributed by atoms with E-state index in [-0.39, 0.29) is 24.2 Å². The van der Waals surface area contributed by atoms with Crippen LogP contribution in [-0.4, -0.2) is 11.0 Å². The van der Waals surface area contributed by atoms with Crippen LogP contribution in [-0.2, 0) is 6.61 Å². The third-order valence-corrected chi connectivity index (χ3v) is 4.70. The Morgan fingerprint density at radius 2 is 1.93 bits per heavy atom. The molecule has 2 aromatic heterocycles. The minimum absolute atomic E-state index is 0.172. The molecule has 0 aliphatic rings. The largest absolute Gasteiger partial charge is 0.486 e. The van der Waals surface area contributed by atoms with Gasteiger partial charge in [-0.05, 0) is 48.4 Å². The van der Waals surface area contributed by atoms with Crippen molar-refractivity contribution < 1.29 is 13.6 Å². The van der Waals surface area contributed by atoms with E-state index in [1.54, 1.807) is 6.07 Å². The molecular formula is C23H21N3O3. The summed E-state index contributed by atoms with van der Waals surface area (Å²) in [7, 11) is 0. The highest BCUT2D eigenvalue weighted by atomic mass is 16.5. The number of ether oxygens (including phenoxy) is 1. The van der Waals surface area contributed by atoms with Crippen LogP contribution < -0.4 is 10.1 Å². The van der Waals surface area contributed by atoms with Crippen LogP contribution >= 0.6 is 0 Å². The van der Waals surface area contributed by atoms with Crippen molar-refractivity contribution in [2.75, 3.05) is 5.32 Å². The van der Waals surface area contributed by atoms with E-state index in [0.29, 0.717) is 17.4 Å². The monoisotopic (exact) mass is 387 g/mol. The fraction of sp³-hybridized carbons (Fsp3) is 0.217. The number of rotatable bonds is 7. The molecule has 4 rings (SSSR count). The molecule has 4 aromatic rings. The zero-order valence-corrected chi connectivity index (χ0v) is 16.3. The van der Waals surface area contributed by atoms with Crippen LogP contribution in [0.3, 0.4) is 0 Å². The van der Waals surface area contributed by atoms with Crippen LogP contribution in [0.4, 0.5) is 5.88 Å². The molecule has 0 aliphatic heterocycles. The number of nitrogens with one attached hydrogen (secondary N) is 1. The SMILES string of the molecule is CC[C@@H](C)Nc1oc(-c2ccc(COc3ccc4ccccc4c3)o2)nc1C#N. The van der Waals surface area contributed by atoms with Gasteiger partial charge in [0.15, 0.2) is 5.76 Å². The number of nitrogens with zero attached hydrogens (tertiary/aromatic N) is 2. The molecular weight excluding hydrogens is 366 g/mol. The second-order valence-electron chi connectivity index (χ2n) is 6.83. The Hall–Kier alpha value is -3.72. The lowest BCUT2D eigenvalue weighted by atomic mass is 10.1. The number of oxazole rings is 1. The molecule has 0 unspecified atom stereocenters. The Morgan fingerprint density at radius 3 is 2.72 bits per heavy atom. The first kappa shape index (κ1) is 18.6. The number of benzene rings is 2. The Morgan fingerprint density at radius 1 is 1.10 bits per heavy atom. The first-order valence-electron chi connectivity index (χ1n) is 9.54. The van der Waals surface area contributed by atoms with E-state index in [0.717, 1.165) is 17.6 Å². The summed E-state index contributed by atoms with van der Waals surface area (Å²) in [6, 6.07) is 19.9. The maximum Gasteiger partial charge on any atom is 0.266 e. The minimum Gasteiger partial charge on any atom is -0.486 e. The lowest BCUT2D eigenvalue weighted by Crippen LogP contribution is -2.13. The molecule has 0 saturated carbocycles. The van der Waals surface area contributed by atoms with Gasteiger partial charge in [0.2, 0.25) is 11.6 Å².